The van der Waals surface area contributed by atoms with Gasteiger partial charge in [-0.25, -0.2) is 33.0 Å². The van der Waals surface area contributed by atoms with Crippen LogP contribution in [0.15, 0.2) is 36.5 Å². The standard InChI is InChI=1S/C21H16F3N5O3/c22-12-8-13(18(24)14(23)9-12)19-20(29-4-3-25-21(29)28-19)11-1-2-15-16(7-11)27-17(10-26-15)31-5-6-32-30/h1-2,7-10,30H,3-6H2,(H,25,28). The van der Waals surface area contributed by atoms with Crippen molar-refractivity contribution in [3.63, 3.8) is 0 Å². The number of hydrogen-bond donors (Lipinski definition) is 2. The van der Waals surface area contributed by atoms with Crippen molar-refractivity contribution in [2.45, 2.75) is 6.54 Å². The number of rotatable bonds is 6. The number of benzene rings is 2. The topological polar surface area (TPSA) is 94.3 Å². The molecule has 0 radical (unpaired) electrons. The van der Waals surface area contributed by atoms with Gasteiger partial charge < -0.3 is 14.6 Å². The highest BCUT2D eigenvalue weighted by atomic mass is 19.2. The Balaban J connectivity index is 1.65. The van der Waals surface area contributed by atoms with Gasteiger partial charge in [-0.05, 0) is 18.2 Å². The van der Waals surface area contributed by atoms with Crippen LogP contribution in [0.25, 0.3) is 33.5 Å². The Labute approximate surface area is 179 Å². The van der Waals surface area contributed by atoms with Crippen LogP contribution < -0.4 is 10.1 Å². The van der Waals surface area contributed by atoms with Crippen molar-refractivity contribution in [3.8, 4) is 28.4 Å². The number of halogens is 3. The maximum absolute atomic E-state index is 14.6. The summed E-state index contributed by atoms with van der Waals surface area (Å²) in [6, 6.07) is 6.63. The Bertz CT molecular complexity index is 1330. The van der Waals surface area contributed by atoms with E-state index in [9.17, 15) is 13.2 Å². The van der Waals surface area contributed by atoms with E-state index < -0.39 is 17.5 Å². The molecular weight excluding hydrogens is 427 g/mol. The van der Waals surface area contributed by atoms with Gasteiger partial charge in [-0.15, -0.1) is 0 Å². The van der Waals surface area contributed by atoms with Gasteiger partial charge in [0.05, 0.1) is 22.9 Å². The fourth-order valence-electron chi connectivity index (χ4n) is 3.69. The molecule has 0 amide bonds. The van der Waals surface area contributed by atoms with Gasteiger partial charge in [0.2, 0.25) is 11.8 Å². The van der Waals surface area contributed by atoms with E-state index >= 15 is 0 Å². The zero-order chi connectivity index (χ0) is 22.2. The number of fused-ring (bicyclic) bond motifs is 2. The Morgan fingerprint density at radius 2 is 1.94 bits per heavy atom. The highest BCUT2D eigenvalue weighted by Gasteiger charge is 2.26. The summed E-state index contributed by atoms with van der Waals surface area (Å²) < 4.78 is 49.6. The molecule has 0 bridgehead atoms. The maximum Gasteiger partial charge on any atom is 0.232 e. The number of aromatic nitrogens is 4. The minimum atomic E-state index is -1.29. The van der Waals surface area contributed by atoms with E-state index in [4.69, 9.17) is 9.99 Å². The summed E-state index contributed by atoms with van der Waals surface area (Å²) in [7, 11) is 0. The zero-order valence-electron chi connectivity index (χ0n) is 16.5. The van der Waals surface area contributed by atoms with Crippen molar-refractivity contribution in [3.05, 3.63) is 54.0 Å². The van der Waals surface area contributed by atoms with E-state index in [1.54, 1.807) is 18.2 Å². The number of imidazole rings is 1. The lowest BCUT2D eigenvalue weighted by Gasteiger charge is -2.10. The molecule has 0 saturated carbocycles. The summed E-state index contributed by atoms with van der Waals surface area (Å²) in [6.07, 6.45) is 1.44. The molecule has 8 nitrogen and oxygen atoms in total. The lowest BCUT2D eigenvalue weighted by atomic mass is 10.0. The number of ether oxygens (including phenoxy) is 1. The molecule has 0 atom stereocenters. The molecule has 164 valence electrons. The molecule has 3 heterocycles. The van der Waals surface area contributed by atoms with Crippen LogP contribution >= 0.6 is 0 Å². The fourth-order valence-corrected chi connectivity index (χ4v) is 3.69. The SMILES string of the molecule is OOCCOc1cnc2ccc(-c3c(-c4cc(F)cc(F)c4F)nc4n3CCN4)cc2n1. The third-order valence-electron chi connectivity index (χ3n) is 5.05. The fraction of sp³-hybridized carbons (Fsp3) is 0.190. The van der Waals surface area contributed by atoms with Crippen LogP contribution in [0.4, 0.5) is 19.1 Å². The first-order chi connectivity index (χ1) is 15.5. The van der Waals surface area contributed by atoms with E-state index in [1.807, 2.05) is 4.57 Å². The molecule has 2 N–H and O–H groups in total. The zero-order valence-corrected chi connectivity index (χ0v) is 16.5. The molecule has 0 fully saturated rings. The first-order valence-electron chi connectivity index (χ1n) is 9.71. The van der Waals surface area contributed by atoms with Crippen LogP contribution in [0.3, 0.4) is 0 Å². The molecule has 32 heavy (non-hydrogen) atoms. The van der Waals surface area contributed by atoms with Gasteiger partial charge in [0.15, 0.2) is 11.6 Å². The Hall–Kier alpha value is -3.70. The van der Waals surface area contributed by atoms with Crippen molar-refractivity contribution in [1.29, 1.82) is 0 Å². The van der Waals surface area contributed by atoms with Gasteiger partial charge in [-0.3, -0.25) is 5.26 Å². The summed E-state index contributed by atoms with van der Waals surface area (Å²) in [5.41, 5.74) is 2.03. The van der Waals surface area contributed by atoms with E-state index in [1.165, 1.54) is 6.20 Å². The van der Waals surface area contributed by atoms with Crippen molar-refractivity contribution >= 4 is 17.0 Å². The molecule has 0 unspecified atom stereocenters. The molecule has 11 heteroatoms. The summed E-state index contributed by atoms with van der Waals surface area (Å²) >= 11 is 0. The molecule has 0 saturated heterocycles. The Kier molecular flexibility index (Phi) is 5.11. The van der Waals surface area contributed by atoms with E-state index in [-0.39, 0.29) is 30.4 Å². The predicted molar refractivity (Wildman–Crippen MR) is 109 cm³/mol. The van der Waals surface area contributed by atoms with Gasteiger partial charge in [0.25, 0.3) is 0 Å². The summed E-state index contributed by atoms with van der Waals surface area (Å²) in [4.78, 5) is 17.1. The Morgan fingerprint density at radius 3 is 2.78 bits per heavy atom. The quantitative estimate of drug-likeness (QED) is 0.202. The van der Waals surface area contributed by atoms with Crippen LogP contribution in [0.2, 0.25) is 0 Å². The summed E-state index contributed by atoms with van der Waals surface area (Å²) in [6.45, 7) is 1.21. The molecule has 1 aliphatic rings. The predicted octanol–water partition coefficient (Wildman–Crippen LogP) is 3.87. The van der Waals surface area contributed by atoms with Crippen molar-refractivity contribution in [2.75, 3.05) is 25.1 Å². The minimum absolute atomic E-state index is 0.0339. The second kappa shape index (κ2) is 8.09. The average molecular weight is 443 g/mol. The molecule has 1 aliphatic heterocycles. The first kappa shape index (κ1) is 20.2. The van der Waals surface area contributed by atoms with Crippen LogP contribution in [0.5, 0.6) is 5.88 Å². The van der Waals surface area contributed by atoms with Gasteiger partial charge >= 0.3 is 0 Å². The lowest BCUT2D eigenvalue weighted by Crippen LogP contribution is -2.06. The van der Waals surface area contributed by atoms with Crippen LogP contribution in [-0.4, -0.2) is 44.5 Å². The molecular formula is C21H16F3N5O3. The van der Waals surface area contributed by atoms with Crippen molar-refractivity contribution in [1.82, 2.24) is 19.5 Å². The van der Waals surface area contributed by atoms with E-state index in [2.05, 4.69) is 25.2 Å². The average Bonchev–Trinajstić information content (AvgIpc) is 3.37. The van der Waals surface area contributed by atoms with Crippen molar-refractivity contribution < 1.29 is 28.1 Å². The maximum atomic E-state index is 14.6. The largest absolute Gasteiger partial charge is 0.474 e. The minimum Gasteiger partial charge on any atom is -0.474 e. The number of nitrogens with one attached hydrogen (secondary N) is 1. The van der Waals surface area contributed by atoms with Crippen LogP contribution in [-0.2, 0) is 11.4 Å². The highest BCUT2D eigenvalue weighted by Crippen LogP contribution is 2.38. The summed E-state index contributed by atoms with van der Waals surface area (Å²) in [5.74, 6) is -2.66. The molecule has 5 rings (SSSR count). The first-order valence-corrected chi connectivity index (χ1v) is 9.71. The van der Waals surface area contributed by atoms with Gasteiger partial charge in [-0.2, -0.15) is 0 Å². The van der Waals surface area contributed by atoms with Crippen LogP contribution in [0, 0.1) is 17.5 Å². The lowest BCUT2D eigenvalue weighted by molar-refractivity contribution is -0.245. The molecule has 0 aliphatic carbocycles. The third-order valence-corrected chi connectivity index (χ3v) is 5.05. The van der Waals surface area contributed by atoms with Gasteiger partial charge in [0.1, 0.15) is 24.7 Å². The Morgan fingerprint density at radius 1 is 1.06 bits per heavy atom. The third kappa shape index (κ3) is 3.51. The number of nitrogens with zero attached hydrogens (tertiary/aromatic N) is 4. The molecule has 0 spiro atoms. The van der Waals surface area contributed by atoms with Crippen LogP contribution in [0.1, 0.15) is 0 Å². The van der Waals surface area contributed by atoms with E-state index in [0.29, 0.717) is 47.4 Å². The normalized spacial score (nSPS) is 12.8. The van der Waals surface area contributed by atoms with Gasteiger partial charge in [0, 0.05) is 30.3 Å². The second-order valence-corrected chi connectivity index (χ2v) is 7.05. The van der Waals surface area contributed by atoms with E-state index in [0.717, 1.165) is 6.07 Å². The highest BCUT2D eigenvalue weighted by molar-refractivity contribution is 5.87. The number of anilines is 1. The second-order valence-electron chi connectivity index (χ2n) is 7.05. The molecule has 2 aromatic carbocycles. The monoisotopic (exact) mass is 443 g/mol. The smallest absolute Gasteiger partial charge is 0.232 e. The van der Waals surface area contributed by atoms with Gasteiger partial charge in [-0.1, -0.05) is 6.07 Å². The summed E-state index contributed by atoms with van der Waals surface area (Å²) in [5, 5.41) is 11.5. The van der Waals surface area contributed by atoms with Crippen molar-refractivity contribution in [2.24, 2.45) is 0 Å². The number of hydrogen-bond acceptors (Lipinski definition) is 7. The molecule has 2 aromatic heterocycles. The molecule has 4 aromatic rings.